The molecule has 0 radical (unpaired) electrons. The second-order valence-corrected chi connectivity index (χ2v) is 6.79. The lowest BCUT2D eigenvalue weighted by Crippen LogP contribution is -2.23. The Bertz CT molecular complexity index is 633. The van der Waals surface area contributed by atoms with Gasteiger partial charge in [0.15, 0.2) is 0 Å². The smallest absolute Gasteiger partial charge is 0.217 e. The standard InChI is InChI=1S/C20H28N2O2/c1-6-23-19-17(8-7-13-21-19)14-22-15(2)16-9-11-18(12-10-16)24-20(3,4)5/h7-13,15,22H,6,14H2,1-5H3. The average Bonchev–Trinajstić information content (AvgIpc) is 2.53. The van der Waals surface area contributed by atoms with Gasteiger partial charge in [0.1, 0.15) is 11.4 Å². The summed E-state index contributed by atoms with van der Waals surface area (Å²) in [5.41, 5.74) is 2.11. The van der Waals surface area contributed by atoms with Crippen molar-refractivity contribution < 1.29 is 9.47 Å². The van der Waals surface area contributed by atoms with Crippen molar-refractivity contribution in [3.63, 3.8) is 0 Å². The minimum atomic E-state index is -0.179. The fraction of sp³-hybridized carbons (Fsp3) is 0.450. The first kappa shape index (κ1) is 18.3. The third-order valence-corrected chi connectivity index (χ3v) is 3.53. The predicted molar refractivity (Wildman–Crippen MR) is 97.5 cm³/mol. The number of ether oxygens (including phenoxy) is 2. The monoisotopic (exact) mass is 328 g/mol. The summed E-state index contributed by atoms with van der Waals surface area (Å²) < 4.78 is 11.4. The highest BCUT2D eigenvalue weighted by Gasteiger charge is 2.12. The van der Waals surface area contributed by atoms with Crippen LogP contribution in [-0.4, -0.2) is 17.2 Å². The van der Waals surface area contributed by atoms with E-state index in [4.69, 9.17) is 9.47 Å². The van der Waals surface area contributed by atoms with E-state index in [-0.39, 0.29) is 11.6 Å². The molecule has 1 aromatic heterocycles. The molecule has 2 rings (SSSR count). The summed E-state index contributed by atoms with van der Waals surface area (Å²) in [7, 11) is 0. The van der Waals surface area contributed by atoms with Crippen LogP contribution in [0.25, 0.3) is 0 Å². The lowest BCUT2D eigenvalue weighted by atomic mass is 10.1. The maximum Gasteiger partial charge on any atom is 0.217 e. The second-order valence-electron chi connectivity index (χ2n) is 6.79. The normalized spacial score (nSPS) is 12.7. The fourth-order valence-corrected chi connectivity index (χ4v) is 2.38. The first-order valence-electron chi connectivity index (χ1n) is 8.48. The quantitative estimate of drug-likeness (QED) is 0.812. The van der Waals surface area contributed by atoms with Crippen LogP contribution in [0.2, 0.25) is 0 Å². The summed E-state index contributed by atoms with van der Waals surface area (Å²) in [4.78, 5) is 4.29. The van der Waals surface area contributed by atoms with Gasteiger partial charge in [-0.1, -0.05) is 18.2 Å². The van der Waals surface area contributed by atoms with Gasteiger partial charge >= 0.3 is 0 Å². The first-order valence-corrected chi connectivity index (χ1v) is 8.48. The highest BCUT2D eigenvalue weighted by Crippen LogP contribution is 2.22. The maximum atomic E-state index is 5.86. The number of nitrogens with zero attached hydrogens (tertiary/aromatic N) is 1. The summed E-state index contributed by atoms with van der Waals surface area (Å²) in [6, 6.07) is 12.4. The molecule has 2 aromatic rings. The molecule has 0 spiro atoms. The number of aromatic nitrogens is 1. The van der Waals surface area contributed by atoms with Crippen LogP contribution in [-0.2, 0) is 6.54 Å². The van der Waals surface area contributed by atoms with Gasteiger partial charge in [-0.05, 0) is 58.4 Å². The molecule has 0 amide bonds. The van der Waals surface area contributed by atoms with Crippen molar-refractivity contribution in [1.29, 1.82) is 0 Å². The zero-order valence-electron chi connectivity index (χ0n) is 15.3. The molecule has 1 heterocycles. The van der Waals surface area contributed by atoms with E-state index in [0.717, 1.165) is 11.3 Å². The second kappa shape index (κ2) is 8.15. The van der Waals surface area contributed by atoms with E-state index in [2.05, 4.69) is 50.1 Å². The highest BCUT2D eigenvalue weighted by atomic mass is 16.5. The average molecular weight is 328 g/mol. The van der Waals surface area contributed by atoms with E-state index in [1.807, 2.05) is 31.2 Å². The molecule has 0 aliphatic heterocycles. The zero-order chi connectivity index (χ0) is 17.6. The summed E-state index contributed by atoms with van der Waals surface area (Å²) in [6.45, 7) is 11.6. The fourth-order valence-electron chi connectivity index (χ4n) is 2.38. The molecule has 1 unspecified atom stereocenters. The number of benzene rings is 1. The third-order valence-electron chi connectivity index (χ3n) is 3.53. The molecule has 0 saturated carbocycles. The van der Waals surface area contributed by atoms with Crippen LogP contribution in [0.1, 0.15) is 51.8 Å². The Morgan fingerprint density at radius 2 is 1.83 bits per heavy atom. The lowest BCUT2D eigenvalue weighted by Gasteiger charge is -2.22. The molecule has 0 aliphatic carbocycles. The summed E-state index contributed by atoms with van der Waals surface area (Å²) in [5, 5.41) is 3.52. The Kier molecular flexibility index (Phi) is 6.21. The van der Waals surface area contributed by atoms with Crippen LogP contribution in [0.4, 0.5) is 0 Å². The Labute approximate surface area is 145 Å². The molecule has 1 atom stereocenters. The highest BCUT2D eigenvalue weighted by molar-refractivity contribution is 5.30. The van der Waals surface area contributed by atoms with Gasteiger partial charge < -0.3 is 14.8 Å². The zero-order valence-corrected chi connectivity index (χ0v) is 15.3. The molecule has 0 aliphatic rings. The minimum Gasteiger partial charge on any atom is -0.488 e. The van der Waals surface area contributed by atoms with Crippen LogP contribution in [0.5, 0.6) is 11.6 Å². The Balaban J connectivity index is 1.96. The van der Waals surface area contributed by atoms with Crippen molar-refractivity contribution in [1.82, 2.24) is 10.3 Å². The molecule has 4 nitrogen and oxygen atoms in total. The lowest BCUT2D eigenvalue weighted by molar-refractivity contribution is 0.131. The van der Waals surface area contributed by atoms with E-state index >= 15 is 0 Å². The van der Waals surface area contributed by atoms with Crippen LogP contribution in [0, 0.1) is 0 Å². The van der Waals surface area contributed by atoms with Crippen molar-refractivity contribution in [3.05, 3.63) is 53.7 Å². The molecule has 0 fully saturated rings. The van der Waals surface area contributed by atoms with E-state index in [1.54, 1.807) is 6.20 Å². The predicted octanol–water partition coefficient (Wildman–Crippen LogP) is 4.51. The van der Waals surface area contributed by atoms with Gasteiger partial charge in [-0.15, -0.1) is 0 Å². The molecular weight excluding hydrogens is 300 g/mol. The third kappa shape index (κ3) is 5.53. The van der Waals surface area contributed by atoms with E-state index in [1.165, 1.54) is 5.56 Å². The topological polar surface area (TPSA) is 43.4 Å². The Morgan fingerprint density at radius 3 is 2.46 bits per heavy atom. The van der Waals surface area contributed by atoms with Gasteiger partial charge in [-0.2, -0.15) is 0 Å². The summed E-state index contributed by atoms with van der Waals surface area (Å²) in [5.74, 6) is 1.60. The molecule has 4 heteroatoms. The van der Waals surface area contributed by atoms with Crippen molar-refractivity contribution in [2.24, 2.45) is 0 Å². The summed E-state index contributed by atoms with van der Waals surface area (Å²) in [6.07, 6.45) is 1.76. The van der Waals surface area contributed by atoms with Gasteiger partial charge in [0.2, 0.25) is 5.88 Å². The number of hydrogen-bond acceptors (Lipinski definition) is 4. The van der Waals surface area contributed by atoms with Gasteiger partial charge in [-0.25, -0.2) is 4.98 Å². The molecule has 130 valence electrons. The van der Waals surface area contributed by atoms with Crippen LogP contribution in [0.3, 0.4) is 0 Å². The van der Waals surface area contributed by atoms with Crippen molar-refractivity contribution in [2.75, 3.05) is 6.61 Å². The summed E-state index contributed by atoms with van der Waals surface area (Å²) >= 11 is 0. The molecule has 1 N–H and O–H groups in total. The number of nitrogens with one attached hydrogen (secondary N) is 1. The maximum absolute atomic E-state index is 5.86. The Hall–Kier alpha value is -2.07. The minimum absolute atomic E-state index is 0.179. The van der Waals surface area contributed by atoms with Crippen molar-refractivity contribution in [2.45, 2.75) is 52.8 Å². The largest absolute Gasteiger partial charge is 0.488 e. The van der Waals surface area contributed by atoms with Crippen molar-refractivity contribution >= 4 is 0 Å². The van der Waals surface area contributed by atoms with Gasteiger partial charge in [0.05, 0.1) is 6.61 Å². The van der Waals surface area contributed by atoms with Crippen molar-refractivity contribution in [3.8, 4) is 11.6 Å². The van der Waals surface area contributed by atoms with E-state index < -0.39 is 0 Å². The number of hydrogen-bond donors (Lipinski definition) is 1. The SMILES string of the molecule is CCOc1ncccc1CNC(C)c1ccc(OC(C)(C)C)cc1. The van der Waals surface area contributed by atoms with E-state index in [9.17, 15) is 0 Å². The molecule has 1 aromatic carbocycles. The number of pyridine rings is 1. The Morgan fingerprint density at radius 1 is 1.12 bits per heavy atom. The van der Waals surface area contributed by atoms with Crippen LogP contribution < -0.4 is 14.8 Å². The molecular formula is C20H28N2O2. The van der Waals surface area contributed by atoms with E-state index in [0.29, 0.717) is 19.0 Å². The number of rotatable bonds is 7. The van der Waals surface area contributed by atoms with Gasteiger partial charge in [0, 0.05) is 24.3 Å². The first-order chi connectivity index (χ1) is 11.4. The van der Waals surface area contributed by atoms with Crippen LogP contribution in [0.15, 0.2) is 42.6 Å². The van der Waals surface area contributed by atoms with Crippen LogP contribution >= 0.6 is 0 Å². The van der Waals surface area contributed by atoms with Gasteiger partial charge in [-0.3, -0.25) is 0 Å². The molecule has 24 heavy (non-hydrogen) atoms. The molecule has 0 bridgehead atoms. The van der Waals surface area contributed by atoms with Gasteiger partial charge in [0.25, 0.3) is 0 Å². The molecule has 0 saturated heterocycles.